The Hall–Kier alpha value is -0.450. The predicted molar refractivity (Wildman–Crippen MR) is 123 cm³/mol. The average Bonchev–Trinajstić information content (AvgIpc) is 3.07. The maximum Gasteiger partial charge on any atom is 0.194 e. The van der Waals surface area contributed by atoms with Crippen molar-refractivity contribution in [3.63, 3.8) is 0 Å². The molecule has 0 bridgehead atoms. The van der Waals surface area contributed by atoms with Gasteiger partial charge in [-0.25, -0.2) is 4.98 Å². The van der Waals surface area contributed by atoms with Crippen LogP contribution in [0.5, 0.6) is 0 Å². The third-order valence-corrected chi connectivity index (χ3v) is 5.36. The third kappa shape index (κ3) is 8.06. The Bertz CT molecular complexity index is 521. The van der Waals surface area contributed by atoms with Gasteiger partial charge in [-0.05, 0) is 33.9 Å². The summed E-state index contributed by atoms with van der Waals surface area (Å²) in [4.78, 5) is 14.1. The number of aromatic nitrogens is 1. The molecule has 0 aliphatic carbocycles. The van der Waals surface area contributed by atoms with Crippen molar-refractivity contribution in [3.05, 3.63) is 16.1 Å². The molecule has 1 aromatic rings. The van der Waals surface area contributed by atoms with E-state index in [4.69, 9.17) is 9.73 Å². The summed E-state index contributed by atoms with van der Waals surface area (Å²) < 4.78 is 5.34. The number of likely N-dealkylation sites (N-methyl/N-ethyl adjacent to an activating group) is 1. The van der Waals surface area contributed by atoms with E-state index in [9.17, 15) is 0 Å². The second kappa shape index (κ2) is 13.7. The van der Waals surface area contributed by atoms with Gasteiger partial charge in [-0.15, -0.1) is 35.3 Å². The van der Waals surface area contributed by atoms with Crippen LogP contribution in [0.15, 0.2) is 10.4 Å². The summed E-state index contributed by atoms with van der Waals surface area (Å²) in [6.07, 6.45) is 0.0425. The molecular formula is C18H36IN5OS. The van der Waals surface area contributed by atoms with E-state index in [2.05, 4.69) is 60.2 Å². The van der Waals surface area contributed by atoms with Crippen molar-refractivity contribution < 1.29 is 4.74 Å². The fourth-order valence-electron chi connectivity index (χ4n) is 2.65. The zero-order valence-electron chi connectivity index (χ0n) is 17.3. The van der Waals surface area contributed by atoms with Crippen LogP contribution in [0.25, 0.3) is 0 Å². The van der Waals surface area contributed by atoms with Crippen LogP contribution < -0.4 is 5.32 Å². The molecule has 6 nitrogen and oxygen atoms in total. The van der Waals surface area contributed by atoms with Crippen molar-refractivity contribution in [2.45, 2.75) is 53.3 Å². The lowest BCUT2D eigenvalue weighted by Gasteiger charge is -2.26. The van der Waals surface area contributed by atoms with Gasteiger partial charge in [-0.3, -0.25) is 9.89 Å². The number of ether oxygens (including phenoxy) is 1. The molecule has 0 saturated heterocycles. The van der Waals surface area contributed by atoms with E-state index in [1.165, 1.54) is 0 Å². The first kappa shape index (κ1) is 25.6. The molecule has 2 atom stereocenters. The Balaban J connectivity index is 0.00000625. The number of hydrogen-bond acceptors (Lipinski definition) is 5. The summed E-state index contributed by atoms with van der Waals surface area (Å²) in [5.41, 5.74) is 1.05. The standard InChI is InChI=1S/C18H35N5OS.HI/c1-8-19-18(20-11-14(4)23(9-2)10-3)22(6)12-16-13-25-17(21-16)15(5)24-7;/h13-15H,8-12H2,1-7H3,(H,19,20);1H. The minimum atomic E-state index is 0. The third-order valence-electron chi connectivity index (χ3n) is 4.31. The maximum atomic E-state index is 5.34. The molecule has 0 amide bonds. The molecular weight excluding hydrogens is 461 g/mol. The van der Waals surface area contributed by atoms with Gasteiger partial charge in [-0.1, -0.05) is 13.8 Å². The first-order chi connectivity index (χ1) is 12.0. The van der Waals surface area contributed by atoms with Crippen LogP contribution in [0.4, 0.5) is 0 Å². The topological polar surface area (TPSA) is 53.0 Å². The highest BCUT2D eigenvalue weighted by molar-refractivity contribution is 14.0. The van der Waals surface area contributed by atoms with Crippen LogP contribution in [0.3, 0.4) is 0 Å². The second-order valence-corrected chi connectivity index (χ2v) is 7.07. The van der Waals surface area contributed by atoms with E-state index in [-0.39, 0.29) is 30.1 Å². The fourth-order valence-corrected chi connectivity index (χ4v) is 3.49. The highest BCUT2D eigenvalue weighted by Crippen LogP contribution is 2.20. The van der Waals surface area contributed by atoms with Crippen molar-refractivity contribution in [2.75, 3.05) is 40.3 Å². The second-order valence-electron chi connectivity index (χ2n) is 6.18. The van der Waals surface area contributed by atoms with Crippen LogP contribution in [0, 0.1) is 0 Å². The van der Waals surface area contributed by atoms with Crippen LogP contribution in [-0.4, -0.2) is 67.1 Å². The van der Waals surface area contributed by atoms with Gasteiger partial charge in [0.15, 0.2) is 5.96 Å². The SMILES string of the molecule is CCNC(=NCC(C)N(CC)CC)N(C)Cc1csc(C(C)OC)n1.I. The molecule has 1 heterocycles. The molecule has 0 fully saturated rings. The molecule has 0 saturated carbocycles. The number of hydrogen-bond donors (Lipinski definition) is 1. The highest BCUT2D eigenvalue weighted by Gasteiger charge is 2.14. The van der Waals surface area contributed by atoms with Crippen molar-refractivity contribution >= 4 is 41.3 Å². The molecule has 0 aliphatic rings. The largest absolute Gasteiger partial charge is 0.375 e. The van der Waals surface area contributed by atoms with Crippen molar-refractivity contribution in [1.82, 2.24) is 20.1 Å². The zero-order valence-corrected chi connectivity index (χ0v) is 20.4. The molecule has 1 aromatic heterocycles. The number of methoxy groups -OCH3 is 1. The van der Waals surface area contributed by atoms with Crippen LogP contribution in [0.1, 0.15) is 51.4 Å². The summed E-state index contributed by atoms with van der Waals surface area (Å²) in [5, 5.41) is 6.50. The predicted octanol–water partition coefficient (Wildman–Crippen LogP) is 3.60. The van der Waals surface area contributed by atoms with E-state index in [0.29, 0.717) is 6.04 Å². The number of guanidine groups is 1. The molecule has 0 radical (unpaired) electrons. The van der Waals surface area contributed by atoms with Gasteiger partial charge in [0.1, 0.15) is 11.1 Å². The Morgan fingerprint density at radius 2 is 1.96 bits per heavy atom. The average molecular weight is 497 g/mol. The van der Waals surface area contributed by atoms with Crippen LogP contribution >= 0.6 is 35.3 Å². The number of halogens is 1. The number of nitrogens with one attached hydrogen (secondary N) is 1. The Morgan fingerprint density at radius 1 is 1.31 bits per heavy atom. The Kier molecular flexibility index (Phi) is 13.4. The van der Waals surface area contributed by atoms with Crippen molar-refractivity contribution in [3.8, 4) is 0 Å². The first-order valence-corrected chi connectivity index (χ1v) is 10.0. The minimum Gasteiger partial charge on any atom is -0.375 e. The van der Waals surface area contributed by atoms with Crippen molar-refractivity contribution in [2.24, 2.45) is 4.99 Å². The summed E-state index contributed by atoms with van der Waals surface area (Å²) in [7, 11) is 3.77. The van der Waals surface area contributed by atoms with Crippen LogP contribution in [-0.2, 0) is 11.3 Å². The molecule has 0 aromatic carbocycles. The van der Waals surface area contributed by atoms with E-state index < -0.39 is 0 Å². The molecule has 1 rings (SSSR count). The highest BCUT2D eigenvalue weighted by atomic mass is 127. The van der Waals surface area contributed by atoms with Crippen LogP contribution in [0.2, 0.25) is 0 Å². The minimum absolute atomic E-state index is 0. The van der Waals surface area contributed by atoms with Gasteiger partial charge in [-0.2, -0.15) is 0 Å². The number of thiazole rings is 1. The van der Waals surface area contributed by atoms with Gasteiger partial charge < -0.3 is 15.0 Å². The Labute approximate surface area is 180 Å². The molecule has 0 spiro atoms. The summed E-state index contributed by atoms with van der Waals surface area (Å²) in [5.74, 6) is 0.927. The van der Waals surface area contributed by atoms with Gasteiger partial charge >= 0.3 is 0 Å². The lowest BCUT2D eigenvalue weighted by atomic mass is 10.3. The van der Waals surface area contributed by atoms with E-state index >= 15 is 0 Å². The molecule has 2 unspecified atom stereocenters. The summed E-state index contributed by atoms with van der Waals surface area (Å²) in [6.45, 7) is 15.2. The molecule has 0 aliphatic heterocycles. The quantitative estimate of drug-likeness (QED) is 0.304. The van der Waals surface area contributed by atoms with Gasteiger partial charge in [0.25, 0.3) is 0 Å². The first-order valence-electron chi connectivity index (χ1n) is 9.17. The maximum absolute atomic E-state index is 5.34. The fraction of sp³-hybridized carbons (Fsp3) is 0.778. The smallest absolute Gasteiger partial charge is 0.194 e. The van der Waals surface area contributed by atoms with E-state index in [0.717, 1.165) is 49.4 Å². The summed E-state index contributed by atoms with van der Waals surface area (Å²) in [6, 6.07) is 0.436. The number of aliphatic imine (C=N–C) groups is 1. The van der Waals surface area contributed by atoms with Gasteiger partial charge in [0, 0.05) is 32.1 Å². The lowest BCUT2D eigenvalue weighted by molar-refractivity contribution is 0.119. The molecule has 1 N–H and O–H groups in total. The molecule has 26 heavy (non-hydrogen) atoms. The number of rotatable bonds is 10. The molecule has 152 valence electrons. The van der Waals surface area contributed by atoms with E-state index in [1.807, 2.05) is 6.92 Å². The zero-order chi connectivity index (χ0) is 18.8. The monoisotopic (exact) mass is 497 g/mol. The summed E-state index contributed by atoms with van der Waals surface area (Å²) >= 11 is 1.65. The van der Waals surface area contributed by atoms with Crippen molar-refractivity contribution in [1.29, 1.82) is 0 Å². The normalized spacial score (nSPS) is 14.1. The lowest BCUT2D eigenvalue weighted by Crippen LogP contribution is -2.40. The van der Waals surface area contributed by atoms with Gasteiger partial charge in [0.2, 0.25) is 0 Å². The van der Waals surface area contributed by atoms with E-state index in [1.54, 1.807) is 18.4 Å². The number of nitrogens with zero attached hydrogens (tertiary/aromatic N) is 4. The van der Waals surface area contributed by atoms with Gasteiger partial charge in [0.05, 0.1) is 18.8 Å². The molecule has 8 heteroatoms. The Morgan fingerprint density at radius 3 is 2.50 bits per heavy atom.